The minimum Gasteiger partial charge on any atom is -0.357 e. The van der Waals surface area contributed by atoms with E-state index < -0.39 is 0 Å². The first-order valence-corrected chi connectivity index (χ1v) is 6.18. The summed E-state index contributed by atoms with van der Waals surface area (Å²) in [6.07, 6.45) is 0. The van der Waals surface area contributed by atoms with Crippen molar-refractivity contribution in [1.82, 2.24) is 0 Å². The molecule has 2 atom stereocenters. The fourth-order valence-corrected chi connectivity index (χ4v) is 2.66. The van der Waals surface area contributed by atoms with Gasteiger partial charge in [0.25, 0.3) is 0 Å². The molecule has 1 aliphatic rings. The Balaban J connectivity index is 1.91. The molecule has 1 heterocycles. The molecule has 3 rings (SSSR count). The van der Waals surface area contributed by atoms with Gasteiger partial charge in [0.15, 0.2) is 0 Å². The van der Waals surface area contributed by atoms with Gasteiger partial charge in [-0.05, 0) is 31.0 Å². The Bertz CT molecular complexity index is 518. The Hall–Kier alpha value is -1.76. The molecule has 2 aromatic rings. The highest BCUT2D eigenvalue weighted by Gasteiger charge is 2.45. The molecule has 0 aliphatic carbocycles. The van der Waals surface area contributed by atoms with E-state index in [4.69, 9.17) is 0 Å². The number of anilines is 1. The van der Waals surface area contributed by atoms with Crippen molar-refractivity contribution in [3.63, 3.8) is 0 Å². The maximum atomic E-state index is 2.49. The van der Waals surface area contributed by atoms with Gasteiger partial charge in [0.1, 0.15) is 0 Å². The lowest BCUT2D eigenvalue weighted by Gasteiger charge is -2.09. The fraction of sp³-hybridized carbons (Fsp3) is 0.250. The first-order valence-electron chi connectivity index (χ1n) is 6.18. The van der Waals surface area contributed by atoms with E-state index in [-0.39, 0.29) is 0 Å². The fourth-order valence-electron chi connectivity index (χ4n) is 2.66. The van der Waals surface area contributed by atoms with E-state index in [0.29, 0.717) is 12.1 Å². The average molecular weight is 223 g/mol. The quantitative estimate of drug-likeness (QED) is 0.697. The second-order valence-corrected chi connectivity index (χ2v) is 4.79. The van der Waals surface area contributed by atoms with E-state index in [1.165, 1.54) is 16.8 Å². The van der Waals surface area contributed by atoms with Crippen molar-refractivity contribution < 1.29 is 0 Å². The Morgan fingerprint density at radius 1 is 0.882 bits per heavy atom. The van der Waals surface area contributed by atoms with Gasteiger partial charge in [-0.15, -0.1) is 0 Å². The number of hydrogen-bond donors (Lipinski definition) is 0. The summed E-state index contributed by atoms with van der Waals surface area (Å²) in [5, 5.41) is 0. The third-order valence-electron chi connectivity index (χ3n) is 3.64. The van der Waals surface area contributed by atoms with Crippen LogP contribution in [-0.4, -0.2) is 6.04 Å². The van der Waals surface area contributed by atoms with Crippen LogP contribution >= 0.6 is 0 Å². The van der Waals surface area contributed by atoms with Gasteiger partial charge in [-0.2, -0.15) is 0 Å². The maximum absolute atomic E-state index is 2.49. The summed E-state index contributed by atoms with van der Waals surface area (Å²) in [6, 6.07) is 20.5. The van der Waals surface area contributed by atoms with Crippen molar-refractivity contribution in [2.24, 2.45) is 0 Å². The van der Waals surface area contributed by atoms with Gasteiger partial charge in [-0.1, -0.05) is 48.5 Å². The Morgan fingerprint density at radius 3 is 2.24 bits per heavy atom. The predicted octanol–water partition coefficient (Wildman–Crippen LogP) is 3.94. The zero-order valence-corrected chi connectivity index (χ0v) is 10.3. The summed E-state index contributed by atoms with van der Waals surface area (Å²) in [7, 11) is 0. The highest BCUT2D eigenvalue weighted by molar-refractivity contribution is 5.62. The summed E-state index contributed by atoms with van der Waals surface area (Å²) in [5.74, 6) is 0. The molecule has 86 valence electrons. The molecule has 0 amide bonds. The third kappa shape index (κ3) is 1.72. The van der Waals surface area contributed by atoms with Crippen LogP contribution in [0.2, 0.25) is 0 Å². The summed E-state index contributed by atoms with van der Waals surface area (Å²) < 4.78 is 0. The van der Waals surface area contributed by atoms with E-state index in [1.807, 2.05) is 0 Å². The van der Waals surface area contributed by atoms with Crippen LogP contribution in [0, 0.1) is 6.92 Å². The molecule has 2 aromatic carbocycles. The first-order chi connectivity index (χ1) is 8.29. The molecule has 1 saturated heterocycles. The lowest BCUT2D eigenvalue weighted by Crippen LogP contribution is -1.98. The number of rotatable bonds is 2. The third-order valence-corrected chi connectivity index (χ3v) is 3.64. The van der Waals surface area contributed by atoms with Crippen LogP contribution in [0.25, 0.3) is 0 Å². The van der Waals surface area contributed by atoms with Crippen molar-refractivity contribution in [2.75, 3.05) is 4.90 Å². The van der Waals surface area contributed by atoms with Crippen LogP contribution in [0.1, 0.15) is 24.1 Å². The molecular weight excluding hydrogens is 206 g/mol. The summed E-state index contributed by atoms with van der Waals surface area (Å²) in [6.45, 7) is 4.48. The van der Waals surface area contributed by atoms with Crippen molar-refractivity contribution in [1.29, 1.82) is 0 Å². The topological polar surface area (TPSA) is 3.01 Å². The monoisotopic (exact) mass is 223 g/mol. The number of aryl methyl sites for hydroxylation is 1. The molecule has 0 spiro atoms. The minimum atomic E-state index is 0.553. The Kier molecular flexibility index (Phi) is 2.40. The molecule has 1 heteroatoms. The minimum absolute atomic E-state index is 0.553. The summed E-state index contributed by atoms with van der Waals surface area (Å²) in [4.78, 5) is 2.49. The van der Waals surface area contributed by atoms with Crippen molar-refractivity contribution in [3.8, 4) is 0 Å². The van der Waals surface area contributed by atoms with E-state index in [9.17, 15) is 0 Å². The second kappa shape index (κ2) is 3.92. The number of hydrogen-bond acceptors (Lipinski definition) is 1. The molecule has 0 saturated carbocycles. The van der Waals surface area contributed by atoms with Crippen LogP contribution in [0.4, 0.5) is 5.69 Å². The first kappa shape index (κ1) is 10.4. The van der Waals surface area contributed by atoms with Gasteiger partial charge in [0.05, 0.1) is 12.1 Å². The summed E-state index contributed by atoms with van der Waals surface area (Å²) in [5.41, 5.74) is 4.15. The smallest absolute Gasteiger partial charge is 0.0747 e. The molecule has 1 nitrogen and oxygen atoms in total. The molecule has 0 N–H and O–H groups in total. The molecule has 1 aliphatic heterocycles. The van der Waals surface area contributed by atoms with Crippen LogP contribution in [0.3, 0.4) is 0 Å². The maximum Gasteiger partial charge on any atom is 0.0747 e. The van der Waals surface area contributed by atoms with Gasteiger partial charge in [0.2, 0.25) is 0 Å². The van der Waals surface area contributed by atoms with Crippen LogP contribution in [-0.2, 0) is 0 Å². The lowest BCUT2D eigenvalue weighted by molar-refractivity contribution is 1.04. The predicted molar refractivity (Wildman–Crippen MR) is 72.3 cm³/mol. The van der Waals surface area contributed by atoms with Gasteiger partial charge >= 0.3 is 0 Å². The van der Waals surface area contributed by atoms with E-state index >= 15 is 0 Å². The van der Waals surface area contributed by atoms with Gasteiger partial charge < -0.3 is 4.90 Å². The summed E-state index contributed by atoms with van der Waals surface area (Å²) >= 11 is 0. The van der Waals surface area contributed by atoms with E-state index in [1.54, 1.807) is 0 Å². The lowest BCUT2D eigenvalue weighted by atomic mass is 10.1. The highest BCUT2D eigenvalue weighted by atomic mass is 15.3. The highest BCUT2D eigenvalue weighted by Crippen LogP contribution is 2.47. The molecule has 0 aromatic heterocycles. The van der Waals surface area contributed by atoms with Crippen molar-refractivity contribution in [2.45, 2.75) is 25.9 Å². The van der Waals surface area contributed by atoms with Crippen molar-refractivity contribution >= 4 is 5.69 Å². The van der Waals surface area contributed by atoms with Gasteiger partial charge in [-0.25, -0.2) is 0 Å². The SMILES string of the molecule is Cc1ccccc1N1[C@H](C)[C@H]1c1ccccc1. The Labute approximate surface area is 103 Å². The van der Waals surface area contributed by atoms with Gasteiger partial charge in [0, 0.05) is 5.69 Å². The molecule has 0 bridgehead atoms. The zero-order valence-electron chi connectivity index (χ0n) is 10.3. The van der Waals surface area contributed by atoms with Crippen molar-refractivity contribution in [3.05, 3.63) is 65.7 Å². The van der Waals surface area contributed by atoms with Gasteiger partial charge in [-0.3, -0.25) is 0 Å². The Morgan fingerprint density at radius 2 is 1.53 bits per heavy atom. The zero-order chi connectivity index (χ0) is 11.8. The number of benzene rings is 2. The number of para-hydroxylation sites is 1. The average Bonchev–Trinajstić information content (AvgIpc) is 3.02. The van der Waals surface area contributed by atoms with Crippen LogP contribution in [0.15, 0.2) is 54.6 Å². The molecular formula is C16H17N. The van der Waals surface area contributed by atoms with Crippen LogP contribution < -0.4 is 4.90 Å². The molecule has 1 fully saturated rings. The second-order valence-electron chi connectivity index (χ2n) is 4.79. The van der Waals surface area contributed by atoms with E-state index in [2.05, 4.69) is 73.3 Å². The number of nitrogens with zero attached hydrogens (tertiary/aromatic N) is 1. The molecule has 17 heavy (non-hydrogen) atoms. The molecule has 0 unspecified atom stereocenters. The van der Waals surface area contributed by atoms with E-state index in [0.717, 1.165) is 0 Å². The molecule has 0 radical (unpaired) electrons. The standard InChI is InChI=1S/C16H17N/c1-12-8-6-7-11-15(12)17-13(2)16(17)14-9-4-3-5-10-14/h3-11,13,16H,1-2H3/t13-,16+,17?/m1/s1. The van der Waals surface area contributed by atoms with Crippen LogP contribution in [0.5, 0.6) is 0 Å². The largest absolute Gasteiger partial charge is 0.357 e. The normalized spacial score (nSPS) is 22.6.